The third-order valence-corrected chi connectivity index (χ3v) is 4.13. The predicted octanol–water partition coefficient (Wildman–Crippen LogP) is 2.91. The van der Waals surface area contributed by atoms with E-state index in [1.54, 1.807) is 0 Å². The third-order valence-electron chi connectivity index (χ3n) is 4.13. The molecule has 1 N–H and O–H groups in total. The summed E-state index contributed by atoms with van der Waals surface area (Å²) in [5, 5.41) is 3.65. The Morgan fingerprint density at radius 1 is 1.33 bits per heavy atom. The first-order chi connectivity index (χ1) is 8.78. The van der Waals surface area contributed by atoms with Gasteiger partial charge >= 0.3 is 0 Å². The fourth-order valence-electron chi connectivity index (χ4n) is 2.71. The Morgan fingerprint density at radius 2 is 2.06 bits per heavy atom. The molecule has 18 heavy (non-hydrogen) atoms. The zero-order valence-corrected chi connectivity index (χ0v) is 11.5. The quantitative estimate of drug-likeness (QED) is 0.870. The highest BCUT2D eigenvalue weighted by Gasteiger charge is 2.34. The van der Waals surface area contributed by atoms with E-state index < -0.39 is 0 Å². The normalized spacial score (nSPS) is 22.9. The van der Waals surface area contributed by atoms with Gasteiger partial charge in [0.25, 0.3) is 0 Å². The van der Waals surface area contributed by atoms with Gasteiger partial charge in [0.15, 0.2) is 0 Å². The Morgan fingerprint density at radius 3 is 2.72 bits per heavy atom. The minimum absolute atomic E-state index is 0.105. The Kier molecular flexibility index (Phi) is 4.72. The van der Waals surface area contributed by atoms with Crippen LogP contribution in [0.2, 0.25) is 0 Å². The number of hydrogen-bond acceptors (Lipinski definition) is 3. The fraction of sp³-hybridized carbons (Fsp3) is 0.667. The largest absolute Gasteiger partial charge is 0.375 e. The van der Waals surface area contributed by atoms with Crippen molar-refractivity contribution < 1.29 is 4.74 Å². The number of aromatic nitrogens is 1. The molecule has 2 heterocycles. The van der Waals surface area contributed by atoms with Crippen LogP contribution >= 0.6 is 0 Å². The summed E-state index contributed by atoms with van der Waals surface area (Å²) in [6.07, 6.45) is 8.17. The molecule has 1 aliphatic rings. The molecule has 0 amide bonds. The minimum Gasteiger partial charge on any atom is -0.375 e. The van der Waals surface area contributed by atoms with E-state index in [4.69, 9.17) is 4.74 Å². The lowest BCUT2D eigenvalue weighted by Crippen LogP contribution is -2.46. The van der Waals surface area contributed by atoms with Gasteiger partial charge in [-0.2, -0.15) is 0 Å². The van der Waals surface area contributed by atoms with Gasteiger partial charge in [0.2, 0.25) is 0 Å². The second-order valence-electron chi connectivity index (χ2n) is 5.16. The Bertz CT molecular complexity index is 349. The van der Waals surface area contributed by atoms with Crippen molar-refractivity contribution in [2.24, 2.45) is 0 Å². The first kappa shape index (κ1) is 13.5. The summed E-state index contributed by atoms with van der Waals surface area (Å²) in [5.74, 6) is 0. The Labute approximate surface area is 110 Å². The van der Waals surface area contributed by atoms with Crippen molar-refractivity contribution in [1.82, 2.24) is 10.3 Å². The molecule has 1 saturated heterocycles. The molecular weight excluding hydrogens is 224 g/mol. The van der Waals surface area contributed by atoms with Crippen molar-refractivity contribution in [2.75, 3.05) is 6.61 Å². The highest BCUT2D eigenvalue weighted by Crippen LogP contribution is 2.31. The van der Waals surface area contributed by atoms with Crippen LogP contribution in [0.4, 0.5) is 0 Å². The minimum atomic E-state index is 0.105. The summed E-state index contributed by atoms with van der Waals surface area (Å²) in [6, 6.07) is 4.71. The average Bonchev–Trinajstić information content (AvgIpc) is 2.46. The van der Waals surface area contributed by atoms with Crippen LogP contribution < -0.4 is 5.32 Å². The van der Waals surface area contributed by atoms with Gasteiger partial charge in [-0.3, -0.25) is 4.98 Å². The lowest BCUT2D eigenvalue weighted by Gasteiger charge is -2.40. The second kappa shape index (κ2) is 6.30. The lowest BCUT2D eigenvalue weighted by atomic mass is 9.86. The summed E-state index contributed by atoms with van der Waals surface area (Å²) in [5.41, 5.74) is 1.41. The monoisotopic (exact) mass is 248 g/mol. The maximum atomic E-state index is 6.00. The van der Waals surface area contributed by atoms with E-state index in [1.807, 2.05) is 12.4 Å². The molecule has 1 aliphatic heterocycles. The SMILES string of the molecule is CCC1(CC)CC(NCc2ccncc2)CCO1. The first-order valence-corrected chi connectivity index (χ1v) is 7.04. The van der Waals surface area contributed by atoms with Gasteiger partial charge in [0, 0.05) is 31.6 Å². The standard InChI is InChI=1S/C15H24N2O/c1-3-15(4-2)11-14(7-10-18-15)17-12-13-5-8-16-9-6-13/h5-6,8-9,14,17H,3-4,7,10-12H2,1-2H3. The van der Waals surface area contributed by atoms with Crippen LogP contribution in [-0.2, 0) is 11.3 Å². The van der Waals surface area contributed by atoms with E-state index in [1.165, 1.54) is 5.56 Å². The number of nitrogens with one attached hydrogen (secondary N) is 1. The maximum Gasteiger partial charge on any atom is 0.0692 e. The zero-order chi connectivity index (χ0) is 12.8. The van der Waals surface area contributed by atoms with Crippen LogP contribution in [0, 0.1) is 0 Å². The van der Waals surface area contributed by atoms with E-state index in [-0.39, 0.29) is 5.60 Å². The number of pyridine rings is 1. The van der Waals surface area contributed by atoms with Crippen LogP contribution in [-0.4, -0.2) is 23.2 Å². The van der Waals surface area contributed by atoms with Crippen molar-refractivity contribution in [3.8, 4) is 0 Å². The third kappa shape index (κ3) is 3.30. The predicted molar refractivity (Wildman–Crippen MR) is 73.4 cm³/mol. The van der Waals surface area contributed by atoms with Crippen molar-refractivity contribution in [2.45, 2.75) is 57.7 Å². The molecule has 100 valence electrons. The van der Waals surface area contributed by atoms with E-state index in [0.717, 1.165) is 38.8 Å². The summed E-state index contributed by atoms with van der Waals surface area (Å²) in [6.45, 7) is 6.27. The number of hydrogen-bond donors (Lipinski definition) is 1. The van der Waals surface area contributed by atoms with E-state index in [9.17, 15) is 0 Å². The molecule has 1 aromatic heterocycles. The topological polar surface area (TPSA) is 34.2 Å². The molecule has 2 rings (SSSR count). The summed E-state index contributed by atoms with van der Waals surface area (Å²) in [4.78, 5) is 4.04. The molecule has 0 spiro atoms. The van der Waals surface area contributed by atoms with Crippen molar-refractivity contribution in [3.63, 3.8) is 0 Å². The van der Waals surface area contributed by atoms with E-state index in [2.05, 4.69) is 36.3 Å². The molecule has 1 fully saturated rings. The highest BCUT2D eigenvalue weighted by atomic mass is 16.5. The van der Waals surface area contributed by atoms with Crippen molar-refractivity contribution in [3.05, 3.63) is 30.1 Å². The lowest BCUT2D eigenvalue weighted by molar-refractivity contribution is -0.0932. The first-order valence-electron chi connectivity index (χ1n) is 7.04. The number of rotatable bonds is 5. The second-order valence-corrected chi connectivity index (χ2v) is 5.16. The van der Waals surface area contributed by atoms with Gasteiger partial charge in [-0.15, -0.1) is 0 Å². The zero-order valence-electron chi connectivity index (χ0n) is 11.5. The number of ether oxygens (including phenoxy) is 1. The summed E-state index contributed by atoms with van der Waals surface area (Å²) < 4.78 is 6.00. The molecule has 0 aromatic carbocycles. The van der Waals surface area contributed by atoms with Gasteiger partial charge in [-0.25, -0.2) is 0 Å². The molecule has 1 atom stereocenters. The Hall–Kier alpha value is -0.930. The van der Waals surface area contributed by atoms with Gasteiger partial charge in [0.05, 0.1) is 5.60 Å². The van der Waals surface area contributed by atoms with Crippen LogP contribution in [0.5, 0.6) is 0 Å². The molecule has 1 aromatic rings. The van der Waals surface area contributed by atoms with Crippen LogP contribution in [0.3, 0.4) is 0 Å². The molecule has 0 saturated carbocycles. The van der Waals surface area contributed by atoms with Crippen LogP contribution in [0.1, 0.15) is 45.1 Å². The fourth-order valence-corrected chi connectivity index (χ4v) is 2.71. The average molecular weight is 248 g/mol. The molecule has 0 radical (unpaired) electrons. The van der Waals surface area contributed by atoms with E-state index in [0.29, 0.717) is 6.04 Å². The van der Waals surface area contributed by atoms with Crippen LogP contribution in [0.25, 0.3) is 0 Å². The van der Waals surface area contributed by atoms with Gasteiger partial charge < -0.3 is 10.1 Å². The summed E-state index contributed by atoms with van der Waals surface area (Å²) >= 11 is 0. The molecule has 0 bridgehead atoms. The van der Waals surface area contributed by atoms with Gasteiger partial charge in [0.1, 0.15) is 0 Å². The van der Waals surface area contributed by atoms with E-state index >= 15 is 0 Å². The molecule has 0 aliphatic carbocycles. The summed E-state index contributed by atoms with van der Waals surface area (Å²) in [7, 11) is 0. The molecule has 1 unspecified atom stereocenters. The number of nitrogens with zero attached hydrogens (tertiary/aromatic N) is 1. The molecular formula is C15H24N2O. The maximum absolute atomic E-state index is 6.00. The van der Waals surface area contributed by atoms with Crippen molar-refractivity contribution >= 4 is 0 Å². The van der Waals surface area contributed by atoms with Crippen molar-refractivity contribution in [1.29, 1.82) is 0 Å². The van der Waals surface area contributed by atoms with Gasteiger partial charge in [-0.1, -0.05) is 13.8 Å². The van der Waals surface area contributed by atoms with Crippen LogP contribution in [0.15, 0.2) is 24.5 Å². The molecule has 3 heteroatoms. The van der Waals surface area contributed by atoms with Gasteiger partial charge in [-0.05, 0) is 43.4 Å². The smallest absolute Gasteiger partial charge is 0.0692 e. The highest BCUT2D eigenvalue weighted by molar-refractivity contribution is 5.09. The Balaban J connectivity index is 1.86. The molecule has 3 nitrogen and oxygen atoms in total.